The largest absolute Gasteiger partial charge is 0.347 e. The summed E-state index contributed by atoms with van der Waals surface area (Å²) in [6.07, 6.45) is 1.64. The third kappa shape index (κ3) is 2.09. The second-order valence-corrected chi connectivity index (χ2v) is 6.61. The van der Waals surface area contributed by atoms with Crippen LogP contribution >= 0.6 is 11.3 Å². The summed E-state index contributed by atoms with van der Waals surface area (Å²) in [6, 6.07) is 12.3. The van der Waals surface area contributed by atoms with Gasteiger partial charge in [-0.25, -0.2) is 9.97 Å². The molecular formula is C17H14N6S. The molecule has 24 heavy (non-hydrogen) atoms. The van der Waals surface area contributed by atoms with Gasteiger partial charge in [-0.15, -0.1) is 21.5 Å². The lowest BCUT2D eigenvalue weighted by Crippen LogP contribution is -2.34. The van der Waals surface area contributed by atoms with Gasteiger partial charge >= 0.3 is 0 Å². The standard InChI is InChI=1S/C17H14N6S/c1-2-4-12(5-3-1)15-21-20-14-10-22(7-8-23(14)15)16-13-6-9-24-17(13)19-11-18-16/h1-6,9,11H,7-8,10H2. The Hall–Kier alpha value is -2.80. The summed E-state index contributed by atoms with van der Waals surface area (Å²) in [5.41, 5.74) is 1.10. The molecule has 0 bridgehead atoms. The van der Waals surface area contributed by atoms with E-state index in [1.165, 1.54) is 0 Å². The molecule has 0 saturated heterocycles. The zero-order chi connectivity index (χ0) is 15.9. The molecular weight excluding hydrogens is 320 g/mol. The number of fused-ring (bicyclic) bond motifs is 2. The van der Waals surface area contributed by atoms with Crippen molar-refractivity contribution in [3.8, 4) is 11.4 Å². The summed E-state index contributed by atoms with van der Waals surface area (Å²) in [7, 11) is 0. The van der Waals surface area contributed by atoms with Gasteiger partial charge in [-0.1, -0.05) is 30.3 Å². The number of nitrogens with zero attached hydrogens (tertiary/aromatic N) is 6. The first-order valence-corrected chi connectivity index (χ1v) is 8.69. The van der Waals surface area contributed by atoms with E-state index in [0.717, 1.165) is 46.3 Å². The van der Waals surface area contributed by atoms with Gasteiger partial charge in [-0.2, -0.15) is 0 Å². The lowest BCUT2D eigenvalue weighted by atomic mass is 10.2. The van der Waals surface area contributed by atoms with E-state index in [0.29, 0.717) is 6.54 Å². The molecule has 0 aliphatic carbocycles. The molecule has 4 aromatic rings. The Morgan fingerprint density at radius 3 is 2.79 bits per heavy atom. The van der Waals surface area contributed by atoms with Gasteiger partial charge in [-0.3, -0.25) is 0 Å². The minimum absolute atomic E-state index is 0.710. The van der Waals surface area contributed by atoms with Gasteiger partial charge in [0.25, 0.3) is 0 Å². The normalized spacial score (nSPS) is 14.1. The van der Waals surface area contributed by atoms with E-state index in [9.17, 15) is 0 Å². The van der Waals surface area contributed by atoms with Crippen molar-refractivity contribution in [3.05, 3.63) is 53.9 Å². The SMILES string of the molecule is c1ccc(-c2nnc3n2CCN(c2ncnc4sccc24)C3)cc1. The van der Waals surface area contributed by atoms with Crippen molar-refractivity contribution in [2.24, 2.45) is 0 Å². The number of aromatic nitrogens is 5. The van der Waals surface area contributed by atoms with Crippen LogP contribution in [0.2, 0.25) is 0 Å². The van der Waals surface area contributed by atoms with Crippen LogP contribution in [0.25, 0.3) is 21.6 Å². The maximum Gasteiger partial charge on any atom is 0.164 e. The number of hydrogen-bond acceptors (Lipinski definition) is 6. The fourth-order valence-corrected chi connectivity index (χ4v) is 3.90. The smallest absolute Gasteiger partial charge is 0.164 e. The Morgan fingerprint density at radius 2 is 1.88 bits per heavy atom. The molecule has 0 radical (unpaired) electrons. The van der Waals surface area contributed by atoms with Crippen molar-refractivity contribution in [1.82, 2.24) is 24.7 Å². The van der Waals surface area contributed by atoms with Crippen molar-refractivity contribution >= 4 is 27.4 Å². The van der Waals surface area contributed by atoms with Gasteiger partial charge in [0, 0.05) is 18.7 Å². The van der Waals surface area contributed by atoms with E-state index in [1.807, 2.05) is 18.2 Å². The topological polar surface area (TPSA) is 59.7 Å². The molecule has 3 aromatic heterocycles. The molecule has 6 nitrogen and oxygen atoms in total. The number of thiophene rings is 1. The summed E-state index contributed by atoms with van der Waals surface area (Å²) in [6.45, 7) is 2.44. The Balaban J connectivity index is 1.52. The Labute approximate surface area is 142 Å². The highest BCUT2D eigenvalue weighted by Gasteiger charge is 2.24. The molecule has 5 rings (SSSR count). The van der Waals surface area contributed by atoms with Gasteiger partial charge in [0.15, 0.2) is 11.6 Å². The summed E-state index contributed by atoms with van der Waals surface area (Å²) in [5, 5.41) is 12.0. The molecule has 118 valence electrons. The maximum absolute atomic E-state index is 4.50. The average molecular weight is 334 g/mol. The van der Waals surface area contributed by atoms with Crippen molar-refractivity contribution in [3.63, 3.8) is 0 Å². The van der Waals surface area contributed by atoms with Crippen LogP contribution < -0.4 is 4.90 Å². The molecule has 0 N–H and O–H groups in total. The first-order valence-electron chi connectivity index (χ1n) is 7.81. The van der Waals surface area contributed by atoms with Crippen molar-refractivity contribution < 1.29 is 0 Å². The average Bonchev–Trinajstić information content (AvgIpc) is 3.28. The van der Waals surface area contributed by atoms with Crippen molar-refractivity contribution in [2.75, 3.05) is 11.4 Å². The second kappa shape index (κ2) is 5.38. The molecule has 0 saturated carbocycles. The van der Waals surface area contributed by atoms with Gasteiger partial charge in [0.2, 0.25) is 0 Å². The highest BCUT2D eigenvalue weighted by atomic mass is 32.1. The minimum Gasteiger partial charge on any atom is -0.347 e. The molecule has 0 amide bonds. The molecule has 0 fully saturated rings. The highest BCUT2D eigenvalue weighted by Crippen LogP contribution is 2.30. The van der Waals surface area contributed by atoms with E-state index in [4.69, 9.17) is 0 Å². The van der Waals surface area contributed by atoms with Crippen LogP contribution in [-0.2, 0) is 13.1 Å². The zero-order valence-corrected chi connectivity index (χ0v) is 13.6. The highest BCUT2D eigenvalue weighted by molar-refractivity contribution is 7.16. The Bertz CT molecular complexity index is 1010. The van der Waals surface area contributed by atoms with Gasteiger partial charge in [-0.05, 0) is 11.4 Å². The summed E-state index contributed by atoms with van der Waals surface area (Å²) in [5.74, 6) is 2.90. The molecule has 0 unspecified atom stereocenters. The predicted molar refractivity (Wildman–Crippen MR) is 93.9 cm³/mol. The zero-order valence-electron chi connectivity index (χ0n) is 12.8. The van der Waals surface area contributed by atoms with Crippen LogP contribution in [0, 0.1) is 0 Å². The van der Waals surface area contributed by atoms with E-state index < -0.39 is 0 Å². The van der Waals surface area contributed by atoms with E-state index in [2.05, 4.69) is 53.2 Å². The molecule has 1 aliphatic rings. The number of anilines is 1. The minimum atomic E-state index is 0.710. The molecule has 7 heteroatoms. The van der Waals surface area contributed by atoms with Gasteiger partial charge < -0.3 is 9.47 Å². The fraction of sp³-hybridized carbons (Fsp3) is 0.176. The summed E-state index contributed by atoms with van der Waals surface area (Å²) >= 11 is 1.64. The van der Waals surface area contributed by atoms with Crippen LogP contribution in [0.3, 0.4) is 0 Å². The lowest BCUT2D eigenvalue weighted by molar-refractivity contribution is 0.561. The molecule has 0 atom stereocenters. The first-order chi connectivity index (χ1) is 11.9. The summed E-state index contributed by atoms with van der Waals surface area (Å²) in [4.78, 5) is 12.1. The van der Waals surface area contributed by atoms with Crippen LogP contribution in [0.4, 0.5) is 5.82 Å². The maximum atomic E-state index is 4.50. The van der Waals surface area contributed by atoms with Gasteiger partial charge in [0.1, 0.15) is 17.0 Å². The Kier molecular flexibility index (Phi) is 3.05. The summed E-state index contributed by atoms with van der Waals surface area (Å²) < 4.78 is 2.21. The second-order valence-electron chi connectivity index (χ2n) is 5.72. The monoisotopic (exact) mass is 334 g/mol. The van der Waals surface area contributed by atoms with Crippen molar-refractivity contribution in [2.45, 2.75) is 13.1 Å². The first kappa shape index (κ1) is 13.6. The van der Waals surface area contributed by atoms with E-state index in [1.54, 1.807) is 17.7 Å². The Morgan fingerprint density at radius 1 is 0.958 bits per heavy atom. The molecule has 1 aliphatic heterocycles. The van der Waals surface area contributed by atoms with Crippen LogP contribution in [0.5, 0.6) is 0 Å². The molecule has 1 aromatic carbocycles. The quantitative estimate of drug-likeness (QED) is 0.564. The lowest BCUT2D eigenvalue weighted by Gasteiger charge is -2.29. The van der Waals surface area contributed by atoms with E-state index in [-0.39, 0.29) is 0 Å². The number of rotatable bonds is 2. The van der Waals surface area contributed by atoms with Crippen LogP contribution in [0.15, 0.2) is 48.1 Å². The fourth-order valence-electron chi connectivity index (χ4n) is 3.17. The number of hydrogen-bond donors (Lipinski definition) is 0. The van der Waals surface area contributed by atoms with Crippen LogP contribution in [-0.4, -0.2) is 31.3 Å². The van der Waals surface area contributed by atoms with E-state index >= 15 is 0 Å². The molecule has 4 heterocycles. The van der Waals surface area contributed by atoms with Gasteiger partial charge in [0.05, 0.1) is 11.9 Å². The third-order valence-electron chi connectivity index (χ3n) is 4.33. The van der Waals surface area contributed by atoms with Crippen LogP contribution in [0.1, 0.15) is 5.82 Å². The molecule has 0 spiro atoms. The van der Waals surface area contributed by atoms with Crippen molar-refractivity contribution in [1.29, 1.82) is 0 Å². The number of benzene rings is 1. The predicted octanol–water partition coefficient (Wildman–Crippen LogP) is 2.97. The third-order valence-corrected chi connectivity index (χ3v) is 5.15.